The fraction of sp³-hybridized carbons (Fsp3) is 0.500. The molecule has 0 saturated carbocycles. The first-order valence-electron chi connectivity index (χ1n) is 7.03. The lowest BCUT2D eigenvalue weighted by Gasteiger charge is -2.26. The molecular formula is C14H17FIN3OS. The van der Waals surface area contributed by atoms with Crippen molar-refractivity contribution in [2.24, 2.45) is 0 Å². The summed E-state index contributed by atoms with van der Waals surface area (Å²) in [5.74, 6) is -0.195. The normalized spacial score (nSPS) is 16.7. The van der Waals surface area contributed by atoms with E-state index in [9.17, 15) is 4.39 Å². The van der Waals surface area contributed by atoms with Crippen LogP contribution in [0.3, 0.4) is 0 Å². The summed E-state index contributed by atoms with van der Waals surface area (Å²) in [4.78, 5) is 5.55. The van der Waals surface area contributed by atoms with Crippen molar-refractivity contribution in [1.29, 1.82) is 0 Å². The van der Waals surface area contributed by atoms with Crippen molar-refractivity contribution in [3.05, 3.63) is 26.3 Å². The van der Waals surface area contributed by atoms with E-state index in [1.807, 2.05) is 27.2 Å². The van der Waals surface area contributed by atoms with Crippen LogP contribution < -0.4 is 0 Å². The van der Waals surface area contributed by atoms with Crippen LogP contribution >= 0.6 is 34.8 Å². The molecular weight excluding hydrogens is 404 g/mol. The summed E-state index contributed by atoms with van der Waals surface area (Å²) in [6, 6.07) is 3.37. The third-order valence-corrected chi connectivity index (χ3v) is 4.93. The Morgan fingerprint density at radius 1 is 1.29 bits per heavy atom. The van der Waals surface area contributed by atoms with Gasteiger partial charge in [-0.3, -0.25) is 4.90 Å². The lowest BCUT2D eigenvalue weighted by atomic mass is 10.3. The Bertz CT molecular complexity index is 693. The van der Waals surface area contributed by atoms with Crippen molar-refractivity contribution < 1.29 is 9.13 Å². The lowest BCUT2D eigenvalue weighted by molar-refractivity contribution is 0.0369. The number of hydrogen-bond acceptors (Lipinski definition) is 3. The van der Waals surface area contributed by atoms with Gasteiger partial charge in [0.15, 0.2) is 4.77 Å². The van der Waals surface area contributed by atoms with Crippen LogP contribution in [0.5, 0.6) is 0 Å². The summed E-state index contributed by atoms with van der Waals surface area (Å²) in [5, 5.41) is 0. The molecule has 0 amide bonds. The summed E-state index contributed by atoms with van der Waals surface area (Å²) in [7, 11) is 0. The average molecular weight is 421 g/mol. The van der Waals surface area contributed by atoms with Crippen molar-refractivity contribution in [3.8, 4) is 0 Å². The van der Waals surface area contributed by atoms with Gasteiger partial charge in [0.1, 0.15) is 5.82 Å². The first-order valence-corrected chi connectivity index (χ1v) is 8.51. The van der Waals surface area contributed by atoms with E-state index in [1.54, 1.807) is 12.1 Å². The van der Waals surface area contributed by atoms with E-state index < -0.39 is 0 Å². The van der Waals surface area contributed by atoms with E-state index in [1.165, 1.54) is 0 Å². The Morgan fingerprint density at radius 2 is 2.05 bits per heavy atom. The molecule has 1 N–H and O–H groups in total. The van der Waals surface area contributed by atoms with Gasteiger partial charge in [-0.05, 0) is 47.3 Å². The SMILES string of the molecule is Fc1cc2c(cc1I)[nH]c(=S)n2CCCN1CCOCC1. The third kappa shape index (κ3) is 3.46. The Kier molecular flexibility index (Phi) is 4.92. The van der Waals surface area contributed by atoms with Gasteiger partial charge in [0.2, 0.25) is 0 Å². The minimum atomic E-state index is -0.195. The molecule has 1 aromatic carbocycles. The number of morpholine rings is 1. The molecule has 7 heteroatoms. The maximum Gasteiger partial charge on any atom is 0.178 e. The van der Waals surface area contributed by atoms with Crippen molar-refractivity contribution in [2.75, 3.05) is 32.8 Å². The van der Waals surface area contributed by atoms with Crippen molar-refractivity contribution >= 4 is 45.8 Å². The van der Waals surface area contributed by atoms with Gasteiger partial charge >= 0.3 is 0 Å². The van der Waals surface area contributed by atoms with E-state index in [0.717, 1.165) is 56.8 Å². The number of halogens is 2. The van der Waals surface area contributed by atoms with Gasteiger partial charge in [-0.1, -0.05) is 0 Å². The highest BCUT2D eigenvalue weighted by atomic mass is 127. The van der Waals surface area contributed by atoms with Crippen molar-refractivity contribution in [1.82, 2.24) is 14.5 Å². The van der Waals surface area contributed by atoms with Gasteiger partial charge in [-0.15, -0.1) is 0 Å². The molecule has 114 valence electrons. The largest absolute Gasteiger partial charge is 0.379 e. The highest BCUT2D eigenvalue weighted by Crippen LogP contribution is 2.21. The number of aromatic nitrogens is 2. The smallest absolute Gasteiger partial charge is 0.178 e. The highest BCUT2D eigenvalue weighted by molar-refractivity contribution is 14.1. The summed E-state index contributed by atoms with van der Waals surface area (Å²) in [5.41, 5.74) is 1.75. The van der Waals surface area contributed by atoms with Gasteiger partial charge in [-0.2, -0.15) is 0 Å². The van der Waals surface area contributed by atoms with E-state index >= 15 is 0 Å². The van der Waals surface area contributed by atoms with Crippen LogP contribution in [0.25, 0.3) is 11.0 Å². The number of hydrogen-bond donors (Lipinski definition) is 1. The van der Waals surface area contributed by atoms with Gasteiger partial charge in [0.25, 0.3) is 0 Å². The molecule has 1 aliphatic heterocycles. The zero-order chi connectivity index (χ0) is 14.8. The van der Waals surface area contributed by atoms with Crippen LogP contribution in [0.2, 0.25) is 0 Å². The number of aryl methyl sites for hydroxylation is 1. The second kappa shape index (κ2) is 6.72. The number of H-pyrrole nitrogens is 1. The summed E-state index contributed by atoms with van der Waals surface area (Å²) >= 11 is 7.35. The number of nitrogens with zero attached hydrogens (tertiary/aromatic N) is 2. The maximum absolute atomic E-state index is 13.8. The second-order valence-electron chi connectivity index (χ2n) is 5.17. The number of benzene rings is 1. The predicted molar refractivity (Wildman–Crippen MR) is 91.7 cm³/mol. The van der Waals surface area contributed by atoms with Crippen LogP contribution in [0.4, 0.5) is 4.39 Å². The zero-order valence-electron chi connectivity index (χ0n) is 11.6. The van der Waals surface area contributed by atoms with Gasteiger partial charge in [-0.25, -0.2) is 4.39 Å². The zero-order valence-corrected chi connectivity index (χ0v) is 14.5. The molecule has 0 radical (unpaired) electrons. The Labute approximate surface area is 141 Å². The first kappa shape index (κ1) is 15.4. The molecule has 0 aliphatic carbocycles. The number of rotatable bonds is 4. The molecule has 1 aliphatic rings. The van der Waals surface area contributed by atoms with Crippen LogP contribution in [0.15, 0.2) is 12.1 Å². The minimum Gasteiger partial charge on any atom is -0.379 e. The molecule has 1 aromatic heterocycles. The standard InChI is InChI=1S/C14H17FIN3OS/c15-10-8-13-12(9-11(10)16)17-14(21)19(13)3-1-2-18-4-6-20-7-5-18/h8-9H,1-7H2,(H,17,21). The van der Waals surface area contributed by atoms with E-state index in [4.69, 9.17) is 17.0 Å². The number of ether oxygens (including phenoxy) is 1. The van der Waals surface area contributed by atoms with Crippen LogP contribution in [0, 0.1) is 14.2 Å². The second-order valence-corrected chi connectivity index (χ2v) is 6.72. The fourth-order valence-corrected chi connectivity index (χ4v) is 3.42. The molecule has 0 spiro atoms. The number of imidazole rings is 1. The molecule has 3 rings (SSSR count). The Hall–Kier alpha value is -0.510. The van der Waals surface area contributed by atoms with Crippen LogP contribution in [-0.2, 0) is 11.3 Å². The molecule has 0 atom stereocenters. The molecule has 21 heavy (non-hydrogen) atoms. The van der Waals surface area contributed by atoms with Crippen LogP contribution in [-0.4, -0.2) is 47.3 Å². The van der Waals surface area contributed by atoms with Gasteiger partial charge in [0.05, 0.1) is 27.8 Å². The fourth-order valence-electron chi connectivity index (χ4n) is 2.65. The Balaban J connectivity index is 1.72. The predicted octanol–water partition coefficient (Wildman–Crippen LogP) is 3.16. The quantitative estimate of drug-likeness (QED) is 0.609. The van der Waals surface area contributed by atoms with E-state index in [0.29, 0.717) is 8.34 Å². The van der Waals surface area contributed by atoms with Crippen LogP contribution in [0.1, 0.15) is 6.42 Å². The number of fused-ring (bicyclic) bond motifs is 1. The number of aromatic amines is 1. The van der Waals surface area contributed by atoms with Crippen molar-refractivity contribution in [3.63, 3.8) is 0 Å². The van der Waals surface area contributed by atoms with Gasteiger partial charge in [0, 0.05) is 32.2 Å². The Morgan fingerprint density at radius 3 is 2.81 bits per heavy atom. The molecule has 1 saturated heterocycles. The van der Waals surface area contributed by atoms with Gasteiger partial charge < -0.3 is 14.3 Å². The first-order chi connectivity index (χ1) is 10.1. The highest BCUT2D eigenvalue weighted by Gasteiger charge is 2.11. The molecule has 2 heterocycles. The van der Waals surface area contributed by atoms with E-state index in [-0.39, 0.29) is 5.82 Å². The maximum atomic E-state index is 13.8. The molecule has 0 bridgehead atoms. The minimum absolute atomic E-state index is 0.195. The topological polar surface area (TPSA) is 33.2 Å². The van der Waals surface area contributed by atoms with Crippen molar-refractivity contribution in [2.45, 2.75) is 13.0 Å². The molecule has 0 unspecified atom stereocenters. The van der Waals surface area contributed by atoms with E-state index in [2.05, 4.69) is 9.88 Å². The monoisotopic (exact) mass is 421 g/mol. The number of nitrogens with one attached hydrogen (secondary N) is 1. The summed E-state index contributed by atoms with van der Waals surface area (Å²) < 4.78 is 22.4. The average Bonchev–Trinajstić information content (AvgIpc) is 2.76. The molecule has 2 aromatic rings. The summed E-state index contributed by atoms with van der Waals surface area (Å²) in [6.45, 7) is 5.44. The molecule has 1 fully saturated rings. The molecule has 4 nitrogen and oxygen atoms in total. The summed E-state index contributed by atoms with van der Waals surface area (Å²) in [6.07, 6.45) is 0.995. The third-order valence-electron chi connectivity index (χ3n) is 3.78. The lowest BCUT2D eigenvalue weighted by Crippen LogP contribution is -2.37.